The smallest absolute Gasteiger partial charge is 0.358 e. The number of alkyl halides is 3. The van der Waals surface area contributed by atoms with E-state index in [1.54, 1.807) is 30.3 Å². The number of nitrogens with zero attached hydrogens (tertiary/aromatic N) is 3. The van der Waals surface area contributed by atoms with Crippen molar-refractivity contribution in [3.8, 4) is 16.8 Å². The lowest BCUT2D eigenvalue weighted by atomic mass is 9.91. The van der Waals surface area contributed by atoms with Crippen LogP contribution in [0.5, 0.6) is 0 Å². The molecule has 0 saturated heterocycles. The van der Waals surface area contributed by atoms with Crippen LogP contribution >= 0.6 is 0 Å². The van der Waals surface area contributed by atoms with Gasteiger partial charge in [-0.3, -0.25) is 4.79 Å². The van der Waals surface area contributed by atoms with E-state index in [1.807, 2.05) is 0 Å². The number of hydrogen-bond acceptors (Lipinski definition) is 5. The first-order valence-corrected chi connectivity index (χ1v) is 9.88. The highest BCUT2D eigenvalue weighted by Gasteiger charge is 2.43. The van der Waals surface area contributed by atoms with Crippen LogP contribution in [0.2, 0.25) is 0 Å². The van der Waals surface area contributed by atoms with Crippen LogP contribution in [0.4, 0.5) is 24.7 Å². The molecule has 1 atom stereocenters. The number of halogens is 3. The Morgan fingerprint density at radius 1 is 1.30 bits per heavy atom. The summed E-state index contributed by atoms with van der Waals surface area (Å²) in [5, 5.41) is 20.8. The Morgan fingerprint density at radius 3 is 2.79 bits per heavy atom. The van der Waals surface area contributed by atoms with Crippen LogP contribution < -0.4 is 10.6 Å². The van der Waals surface area contributed by atoms with E-state index in [-0.39, 0.29) is 17.7 Å². The Labute approximate surface area is 185 Å². The van der Waals surface area contributed by atoms with Crippen LogP contribution in [0.3, 0.4) is 0 Å². The maximum absolute atomic E-state index is 13.3. The summed E-state index contributed by atoms with van der Waals surface area (Å²) in [6.07, 6.45) is -1.53. The number of amides is 1. The maximum Gasteiger partial charge on any atom is 0.407 e. The second-order valence-electron chi connectivity index (χ2n) is 7.40. The lowest BCUT2D eigenvalue weighted by Crippen LogP contribution is -2.39. The molecular formula is C22H18F3N5O3. The Morgan fingerprint density at radius 2 is 2.09 bits per heavy atom. The molecule has 170 valence electrons. The molecule has 0 spiro atoms. The van der Waals surface area contributed by atoms with Crippen LogP contribution in [0, 0.1) is 10.1 Å². The van der Waals surface area contributed by atoms with Crippen LogP contribution in [-0.2, 0) is 11.2 Å². The molecule has 1 aliphatic heterocycles. The highest BCUT2D eigenvalue weighted by atomic mass is 19.4. The number of rotatable bonds is 5. The number of aromatic nitrogens is 2. The van der Waals surface area contributed by atoms with Gasteiger partial charge in [0.25, 0.3) is 0 Å². The minimum Gasteiger partial charge on any atom is -0.358 e. The van der Waals surface area contributed by atoms with E-state index in [1.165, 1.54) is 23.0 Å². The number of nitrogens with one attached hydrogen (secondary N) is 2. The topological polar surface area (TPSA) is 102 Å². The second-order valence-corrected chi connectivity index (χ2v) is 7.40. The monoisotopic (exact) mass is 457 g/mol. The normalized spacial score (nSPS) is 15.5. The Balaban J connectivity index is 1.74. The summed E-state index contributed by atoms with van der Waals surface area (Å²) >= 11 is 0. The number of hydrogen-bond donors (Lipinski definition) is 2. The Hall–Kier alpha value is -3.99. The SMILES string of the molecule is C=CC(=O)Nc1cccc(-n2cc(-c3ccc4c(c3)CCNC4C(F)(F)F)c([N+](=O)[O-])n2)c1. The molecule has 1 unspecified atom stereocenters. The molecule has 2 aromatic carbocycles. The maximum atomic E-state index is 13.3. The van der Waals surface area contributed by atoms with Gasteiger partial charge in [0, 0.05) is 12.2 Å². The van der Waals surface area contributed by atoms with E-state index < -0.39 is 28.9 Å². The van der Waals surface area contributed by atoms with Gasteiger partial charge in [0.1, 0.15) is 11.6 Å². The number of carbonyl (C=O) groups excluding carboxylic acids is 1. The summed E-state index contributed by atoms with van der Waals surface area (Å²) in [5.74, 6) is -0.850. The van der Waals surface area contributed by atoms with Gasteiger partial charge in [-0.15, -0.1) is 4.68 Å². The lowest BCUT2D eigenvalue weighted by Gasteiger charge is -2.29. The fraction of sp³-hybridized carbons (Fsp3) is 0.182. The van der Waals surface area contributed by atoms with Crippen LogP contribution in [-0.4, -0.2) is 33.3 Å². The predicted octanol–water partition coefficient (Wildman–Crippen LogP) is 4.32. The van der Waals surface area contributed by atoms with E-state index >= 15 is 0 Å². The molecule has 4 rings (SSSR count). The zero-order valence-corrected chi connectivity index (χ0v) is 17.1. The Bertz CT molecular complexity index is 1250. The molecule has 1 aromatic heterocycles. The third-order valence-corrected chi connectivity index (χ3v) is 5.27. The van der Waals surface area contributed by atoms with E-state index in [0.29, 0.717) is 28.9 Å². The zero-order chi connectivity index (χ0) is 23.8. The number of anilines is 1. The van der Waals surface area contributed by atoms with Crippen molar-refractivity contribution >= 4 is 17.4 Å². The van der Waals surface area contributed by atoms with E-state index in [0.717, 1.165) is 6.08 Å². The van der Waals surface area contributed by atoms with E-state index in [4.69, 9.17) is 0 Å². The summed E-state index contributed by atoms with van der Waals surface area (Å²) in [6.45, 7) is 3.53. The highest BCUT2D eigenvalue weighted by Crippen LogP contribution is 2.39. The van der Waals surface area contributed by atoms with Crippen molar-refractivity contribution in [2.24, 2.45) is 0 Å². The van der Waals surface area contributed by atoms with Crippen LogP contribution in [0.15, 0.2) is 61.3 Å². The summed E-state index contributed by atoms with van der Waals surface area (Å²) in [6, 6.07) is 9.06. The van der Waals surface area contributed by atoms with Crippen molar-refractivity contribution in [1.29, 1.82) is 0 Å². The molecule has 0 saturated carbocycles. The standard InChI is InChI=1S/C22H18F3N5O3/c1-2-19(31)27-15-4-3-5-16(11-15)29-12-18(21(28-29)30(32)33)13-6-7-17-14(10-13)8-9-26-20(17)22(23,24)25/h2-7,10-12,20,26H,1,8-9H2,(H,27,31). The number of carbonyl (C=O) groups is 1. The van der Waals surface area contributed by atoms with E-state index in [2.05, 4.69) is 22.3 Å². The van der Waals surface area contributed by atoms with Crippen molar-refractivity contribution in [3.63, 3.8) is 0 Å². The van der Waals surface area contributed by atoms with Gasteiger partial charge in [-0.05, 0) is 52.3 Å². The number of nitro groups is 1. The quantitative estimate of drug-likeness (QED) is 0.338. The fourth-order valence-electron chi connectivity index (χ4n) is 3.78. The largest absolute Gasteiger partial charge is 0.407 e. The lowest BCUT2D eigenvalue weighted by molar-refractivity contribution is -0.389. The molecule has 0 fully saturated rings. The molecule has 33 heavy (non-hydrogen) atoms. The van der Waals surface area contributed by atoms with Gasteiger partial charge in [-0.1, -0.05) is 30.8 Å². The van der Waals surface area contributed by atoms with Gasteiger partial charge in [0.2, 0.25) is 5.91 Å². The molecule has 1 aliphatic rings. The highest BCUT2D eigenvalue weighted by molar-refractivity contribution is 5.99. The minimum atomic E-state index is -4.44. The average Bonchev–Trinajstić information content (AvgIpc) is 3.24. The molecule has 1 amide bonds. The third-order valence-electron chi connectivity index (χ3n) is 5.27. The molecule has 11 heteroatoms. The van der Waals surface area contributed by atoms with Crippen molar-refractivity contribution in [1.82, 2.24) is 15.1 Å². The first-order valence-electron chi connectivity index (χ1n) is 9.88. The summed E-state index contributed by atoms with van der Waals surface area (Å²) in [5.41, 5.74) is 2.04. The third kappa shape index (κ3) is 4.48. The molecule has 8 nitrogen and oxygen atoms in total. The fourth-order valence-corrected chi connectivity index (χ4v) is 3.78. The van der Waals surface area contributed by atoms with Crippen molar-refractivity contribution in [2.75, 3.05) is 11.9 Å². The molecule has 2 heterocycles. The molecular weight excluding hydrogens is 439 g/mol. The molecule has 0 bridgehead atoms. The van der Waals surface area contributed by atoms with E-state index in [9.17, 15) is 28.1 Å². The van der Waals surface area contributed by atoms with Gasteiger partial charge in [-0.25, -0.2) is 0 Å². The average molecular weight is 457 g/mol. The van der Waals surface area contributed by atoms with Crippen molar-refractivity contribution in [2.45, 2.75) is 18.6 Å². The molecule has 3 aromatic rings. The van der Waals surface area contributed by atoms with Crippen molar-refractivity contribution in [3.05, 3.63) is 82.6 Å². The van der Waals surface area contributed by atoms with Crippen LogP contribution in [0.25, 0.3) is 16.8 Å². The molecule has 0 radical (unpaired) electrons. The second kappa shape index (κ2) is 8.51. The zero-order valence-electron chi connectivity index (χ0n) is 17.1. The van der Waals surface area contributed by atoms with Crippen molar-refractivity contribution < 1.29 is 22.9 Å². The van der Waals surface area contributed by atoms with Gasteiger partial charge in [-0.2, -0.15) is 13.2 Å². The summed E-state index contributed by atoms with van der Waals surface area (Å²) in [4.78, 5) is 22.6. The predicted molar refractivity (Wildman–Crippen MR) is 115 cm³/mol. The Kier molecular flexibility index (Phi) is 5.73. The van der Waals surface area contributed by atoms with Gasteiger partial charge in [0.15, 0.2) is 0 Å². The van der Waals surface area contributed by atoms with Gasteiger partial charge < -0.3 is 20.7 Å². The first kappa shape index (κ1) is 22.2. The van der Waals surface area contributed by atoms with Gasteiger partial charge in [0.05, 0.1) is 17.0 Å². The first-order chi connectivity index (χ1) is 15.7. The molecule has 2 N–H and O–H groups in total. The molecule has 0 aliphatic carbocycles. The summed E-state index contributed by atoms with van der Waals surface area (Å²) < 4.78 is 41.3. The summed E-state index contributed by atoms with van der Waals surface area (Å²) in [7, 11) is 0. The number of benzene rings is 2. The number of fused-ring (bicyclic) bond motifs is 1. The van der Waals surface area contributed by atoms with Gasteiger partial charge >= 0.3 is 12.0 Å². The van der Waals surface area contributed by atoms with Crippen LogP contribution in [0.1, 0.15) is 17.2 Å². The minimum absolute atomic E-state index is 0.109.